The van der Waals surface area contributed by atoms with Crippen LogP contribution in [0.1, 0.15) is 38.8 Å². The Labute approximate surface area is 344 Å². The van der Waals surface area contributed by atoms with Crippen LogP contribution in [0.5, 0.6) is 0 Å². The fraction of sp³-hybridized carbons (Fsp3) is 0.310. The first kappa shape index (κ1) is 44.3. The van der Waals surface area contributed by atoms with Gasteiger partial charge in [-0.2, -0.15) is 34.2 Å². The van der Waals surface area contributed by atoms with Gasteiger partial charge in [0.1, 0.15) is 10.1 Å². The van der Waals surface area contributed by atoms with Crippen molar-refractivity contribution in [2.75, 3.05) is 64.7 Å². The van der Waals surface area contributed by atoms with E-state index < -0.39 is 15.0 Å². The second-order valence-electron chi connectivity index (χ2n) is 9.88. The fourth-order valence-electron chi connectivity index (χ4n) is 4.28. The van der Waals surface area contributed by atoms with E-state index in [0.29, 0.717) is 83.8 Å². The molecule has 0 fully saturated rings. The van der Waals surface area contributed by atoms with Crippen LogP contribution in [-0.2, 0) is 19.5 Å². The summed E-state index contributed by atoms with van der Waals surface area (Å²) in [4.78, 5) is 27.7. The molecule has 0 saturated heterocycles. The number of nitrogens with one attached hydrogen (secondary N) is 5. The molecule has 262 valence electrons. The Kier molecular flexibility index (Phi) is 18.8. The predicted molar refractivity (Wildman–Crippen MR) is 185 cm³/mol. The van der Waals surface area contributed by atoms with Crippen molar-refractivity contribution in [3.05, 3.63) is 47.5 Å². The zero-order valence-electron chi connectivity index (χ0n) is 29.3. The number of rotatable bonds is 18. The Morgan fingerprint density at radius 3 is 1.75 bits per heavy atom. The Morgan fingerprint density at radius 2 is 1.24 bits per heavy atom. The summed E-state index contributed by atoms with van der Waals surface area (Å²) in [5.74, 6) is 1.89. The Hall–Kier alpha value is -2.86. The molecule has 5 N–H and O–H groups in total. The third-order valence-corrected chi connectivity index (χ3v) is 7.97. The SMILES string of the molecule is CCNc1nc(NCC)nc(Nc2ccc(/C=C/c3ccc(N(C)c4nc(NCC)nc(NCC)n4)cc3S(=O)(=O)[O-])c(SOO[O-])c2)n1.[Na+].[Na+]. The van der Waals surface area contributed by atoms with E-state index in [1.807, 2.05) is 27.7 Å². The molecule has 0 bridgehead atoms. The predicted octanol–water partition coefficient (Wildman–Crippen LogP) is -2.39. The van der Waals surface area contributed by atoms with Gasteiger partial charge < -0.3 is 41.3 Å². The summed E-state index contributed by atoms with van der Waals surface area (Å²) in [7, 11) is -3.28. The maximum absolute atomic E-state index is 12.4. The van der Waals surface area contributed by atoms with Crippen molar-refractivity contribution in [1.29, 1.82) is 0 Å². The first-order valence-corrected chi connectivity index (χ1v) is 17.3. The molecule has 0 aliphatic carbocycles. The van der Waals surface area contributed by atoms with Crippen LogP contribution in [0.4, 0.5) is 47.1 Å². The van der Waals surface area contributed by atoms with Crippen LogP contribution in [0, 0.1) is 0 Å². The van der Waals surface area contributed by atoms with Gasteiger partial charge in [-0.15, -0.1) is 0 Å². The van der Waals surface area contributed by atoms with Crippen LogP contribution in [0.2, 0.25) is 0 Å². The molecule has 2 heterocycles. The van der Waals surface area contributed by atoms with Gasteiger partial charge >= 0.3 is 59.1 Å². The molecule has 2 aromatic heterocycles. The van der Waals surface area contributed by atoms with Gasteiger partial charge in [0.15, 0.2) is 0 Å². The number of hydrogen-bond donors (Lipinski definition) is 5. The molecule has 4 rings (SSSR count). The molecular weight excluding hydrogens is 723 g/mol. The van der Waals surface area contributed by atoms with Gasteiger partial charge in [0.05, 0.1) is 16.9 Å². The molecular formula is C29H36N12Na2O6S2. The summed E-state index contributed by atoms with van der Waals surface area (Å²) in [6, 6.07) is 9.43. The van der Waals surface area contributed by atoms with Crippen LogP contribution in [-0.4, -0.2) is 76.1 Å². The third kappa shape index (κ3) is 12.9. The molecule has 2 aromatic carbocycles. The normalized spacial score (nSPS) is 11.0. The molecule has 18 nitrogen and oxygen atoms in total. The standard InChI is InChI=1S/C29H38N12O6S2.2Na/c1-6-30-24-35-25(31-7-2)38-28(37-24)34-20-14-12-18(22(16-20)48-47-46-42)10-11-19-13-15-21(17-23(19)49(43,44)45)41(5)29-39-26(32-8-3)36-27(40-29)33-9-4;;/h10-17,42H,6-9H2,1-5H3,(H,43,44,45)(H2,32,33,36,39,40)(H3,30,31,34,35,37,38);;/q;2*+1/p-2/b11-10+;;. The van der Waals surface area contributed by atoms with Gasteiger partial charge in [-0.05, 0) is 63.1 Å². The second kappa shape index (κ2) is 21.6. The van der Waals surface area contributed by atoms with Crippen molar-refractivity contribution in [3.8, 4) is 0 Å². The molecule has 0 aliphatic heterocycles. The van der Waals surface area contributed by atoms with E-state index in [0.717, 1.165) is 0 Å². The Bertz CT molecular complexity index is 1830. The van der Waals surface area contributed by atoms with Crippen molar-refractivity contribution in [1.82, 2.24) is 29.9 Å². The summed E-state index contributed by atoms with van der Waals surface area (Å²) in [5.41, 5.74) is 1.52. The van der Waals surface area contributed by atoms with E-state index in [2.05, 4.69) is 65.9 Å². The summed E-state index contributed by atoms with van der Waals surface area (Å²) < 4.78 is 41.9. The van der Waals surface area contributed by atoms with Crippen molar-refractivity contribution < 1.29 is 86.7 Å². The van der Waals surface area contributed by atoms with Crippen molar-refractivity contribution in [2.24, 2.45) is 0 Å². The minimum Gasteiger partial charge on any atom is -0.744 e. The maximum atomic E-state index is 12.4. The fourth-order valence-corrected chi connectivity index (χ4v) is 5.48. The van der Waals surface area contributed by atoms with Crippen molar-refractivity contribution in [3.63, 3.8) is 0 Å². The van der Waals surface area contributed by atoms with Crippen LogP contribution in [0.25, 0.3) is 12.2 Å². The molecule has 22 heteroatoms. The molecule has 0 atom stereocenters. The number of hydrogen-bond acceptors (Lipinski definition) is 19. The maximum Gasteiger partial charge on any atom is 1.00 e. The Morgan fingerprint density at radius 1 is 0.745 bits per heavy atom. The molecule has 0 saturated carbocycles. The van der Waals surface area contributed by atoms with E-state index in [9.17, 15) is 18.2 Å². The summed E-state index contributed by atoms with van der Waals surface area (Å²) in [5, 5.41) is 29.5. The van der Waals surface area contributed by atoms with E-state index in [-0.39, 0.29) is 76.6 Å². The second-order valence-corrected chi connectivity index (χ2v) is 12.0. The van der Waals surface area contributed by atoms with E-state index >= 15 is 0 Å². The van der Waals surface area contributed by atoms with Crippen LogP contribution >= 0.6 is 12.0 Å². The van der Waals surface area contributed by atoms with Crippen molar-refractivity contribution in [2.45, 2.75) is 37.5 Å². The number of anilines is 8. The van der Waals surface area contributed by atoms with Crippen LogP contribution in [0.15, 0.2) is 46.2 Å². The van der Waals surface area contributed by atoms with Gasteiger partial charge in [-0.3, -0.25) is 5.04 Å². The van der Waals surface area contributed by atoms with Gasteiger partial charge in [0.25, 0.3) is 0 Å². The average Bonchev–Trinajstić information content (AvgIpc) is 3.06. The average molecular weight is 759 g/mol. The third-order valence-electron chi connectivity index (χ3n) is 6.42. The molecule has 0 amide bonds. The number of nitrogens with zero attached hydrogens (tertiary/aromatic N) is 7. The minimum atomic E-state index is -4.93. The monoisotopic (exact) mass is 758 g/mol. The van der Waals surface area contributed by atoms with Crippen molar-refractivity contribution >= 4 is 81.4 Å². The molecule has 0 unspecified atom stereocenters. The largest absolute Gasteiger partial charge is 1.00 e. The minimum absolute atomic E-state index is 0. The topological polar surface area (TPSA) is 239 Å². The molecule has 0 radical (unpaired) electrons. The van der Waals surface area contributed by atoms with Crippen LogP contribution < -0.4 is 95.9 Å². The number of benzene rings is 2. The first-order valence-electron chi connectivity index (χ1n) is 15.1. The van der Waals surface area contributed by atoms with E-state index in [1.54, 1.807) is 42.3 Å². The van der Waals surface area contributed by atoms with E-state index in [1.165, 1.54) is 18.2 Å². The molecule has 0 aliphatic rings. The Balaban J connectivity index is 0.00000451. The van der Waals surface area contributed by atoms with Crippen LogP contribution in [0.3, 0.4) is 0 Å². The van der Waals surface area contributed by atoms with E-state index in [4.69, 9.17) is 0 Å². The van der Waals surface area contributed by atoms with Gasteiger partial charge in [-0.25, -0.2) is 8.42 Å². The summed E-state index contributed by atoms with van der Waals surface area (Å²) in [6.07, 6.45) is 3.03. The molecule has 0 spiro atoms. The quantitative estimate of drug-likeness (QED) is 0.0178. The smallest absolute Gasteiger partial charge is 0.744 e. The zero-order chi connectivity index (χ0) is 35.4. The summed E-state index contributed by atoms with van der Waals surface area (Å²) in [6.45, 7) is 9.98. The molecule has 51 heavy (non-hydrogen) atoms. The van der Waals surface area contributed by atoms with Gasteiger partial charge in [-0.1, -0.05) is 24.3 Å². The zero-order valence-corrected chi connectivity index (χ0v) is 35.0. The van der Waals surface area contributed by atoms with Gasteiger partial charge in [0.2, 0.25) is 35.7 Å². The first-order chi connectivity index (χ1) is 23.6. The summed E-state index contributed by atoms with van der Waals surface area (Å²) >= 11 is 0.633. The number of aromatic nitrogens is 6. The van der Waals surface area contributed by atoms with Gasteiger partial charge in [0, 0.05) is 49.5 Å². The molecule has 4 aromatic rings.